The summed E-state index contributed by atoms with van der Waals surface area (Å²) < 4.78 is 0. The van der Waals surface area contributed by atoms with Gasteiger partial charge in [-0.3, -0.25) is 19.2 Å². The standard InChI is InChI=1S/C40H66N4O5/c1-5-9-26-43(27-10-6-2)30-16-24-41-36(46)22-14-18-32-33(40(49)38-34(39(32)48)20-13-21-35(38)45)19-15-23-37(47)42-25-17-31-44(28-11-7-3)29-12-8-4/h13,20-21,45H,5-12,14-19,22-31H2,1-4H3,(H,41,46)(H,42,47). The Kier molecular flexibility index (Phi) is 21.5. The number of benzene rings is 1. The van der Waals surface area contributed by atoms with Crippen molar-refractivity contribution in [1.82, 2.24) is 20.4 Å². The lowest BCUT2D eigenvalue weighted by atomic mass is 9.80. The number of carbonyl (C=O) groups excluding carboxylic acids is 4. The van der Waals surface area contributed by atoms with Crippen LogP contribution >= 0.6 is 0 Å². The molecule has 0 saturated heterocycles. The fraction of sp³-hybridized carbons (Fsp3) is 0.700. The van der Waals surface area contributed by atoms with E-state index in [9.17, 15) is 24.3 Å². The number of fused-ring (bicyclic) bond motifs is 1. The number of aromatic hydroxyl groups is 1. The van der Waals surface area contributed by atoms with Crippen molar-refractivity contribution >= 4 is 23.4 Å². The molecule has 0 spiro atoms. The van der Waals surface area contributed by atoms with Gasteiger partial charge in [0.15, 0.2) is 11.6 Å². The van der Waals surface area contributed by atoms with E-state index in [2.05, 4.69) is 48.1 Å². The van der Waals surface area contributed by atoms with Crippen LogP contribution in [0.4, 0.5) is 0 Å². The molecule has 0 unspecified atom stereocenters. The molecule has 0 bridgehead atoms. The molecular formula is C40H66N4O5. The van der Waals surface area contributed by atoms with Crippen molar-refractivity contribution in [2.45, 2.75) is 130 Å². The first kappa shape index (κ1) is 42.1. The highest BCUT2D eigenvalue weighted by Gasteiger charge is 2.33. The van der Waals surface area contributed by atoms with Crippen molar-refractivity contribution < 1.29 is 24.3 Å². The number of carbonyl (C=O) groups is 4. The number of phenolic OH excluding ortho intramolecular Hbond substituents is 1. The average Bonchev–Trinajstić information content (AvgIpc) is 3.09. The fourth-order valence-electron chi connectivity index (χ4n) is 6.37. The highest BCUT2D eigenvalue weighted by molar-refractivity contribution is 6.27. The Labute approximate surface area is 296 Å². The van der Waals surface area contributed by atoms with Gasteiger partial charge in [0.1, 0.15) is 5.75 Å². The molecule has 0 aliphatic heterocycles. The molecule has 0 saturated carbocycles. The van der Waals surface area contributed by atoms with Gasteiger partial charge in [-0.2, -0.15) is 0 Å². The van der Waals surface area contributed by atoms with E-state index in [-0.39, 0.29) is 59.5 Å². The van der Waals surface area contributed by atoms with E-state index in [0.717, 1.165) is 52.1 Å². The second-order valence-electron chi connectivity index (χ2n) is 13.5. The minimum Gasteiger partial charge on any atom is -0.507 e. The molecule has 1 aromatic rings. The molecule has 49 heavy (non-hydrogen) atoms. The van der Waals surface area contributed by atoms with Gasteiger partial charge in [-0.15, -0.1) is 0 Å². The summed E-state index contributed by atoms with van der Waals surface area (Å²) in [5.41, 5.74) is 0.997. The van der Waals surface area contributed by atoms with Gasteiger partial charge in [0.25, 0.3) is 0 Å². The van der Waals surface area contributed by atoms with Crippen molar-refractivity contribution in [3.63, 3.8) is 0 Å². The lowest BCUT2D eigenvalue weighted by Gasteiger charge is -2.22. The van der Waals surface area contributed by atoms with Crippen LogP contribution in [0.1, 0.15) is 151 Å². The average molecular weight is 683 g/mol. The number of nitrogens with zero attached hydrogens (tertiary/aromatic N) is 2. The van der Waals surface area contributed by atoms with Gasteiger partial charge in [-0.25, -0.2) is 0 Å². The molecular weight excluding hydrogens is 616 g/mol. The fourth-order valence-corrected chi connectivity index (χ4v) is 6.37. The maximum absolute atomic E-state index is 13.6. The predicted molar refractivity (Wildman–Crippen MR) is 199 cm³/mol. The van der Waals surface area contributed by atoms with Crippen LogP contribution in [0.2, 0.25) is 0 Å². The number of rotatable bonds is 28. The summed E-state index contributed by atoms with van der Waals surface area (Å²) in [5, 5.41) is 16.5. The number of unbranched alkanes of at least 4 members (excludes halogenated alkanes) is 4. The summed E-state index contributed by atoms with van der Waals surface area (Å²) in [6.45, 7) is 16.3. The van der Waals surface area contributed by atoms with Crippen LogP contribution in [0.15, 0.2) is 29.3 Å². The molecule has 276 valence electrons. The van der Waals surface area contributed by atoms with E-state index in [4.69, 9.17) is 0 Å². The Morgan fingerprint density at radius 1 is 0.592 bits per heavy atom. The van der Waals surface area contributed by atoms with Crippen LogP contribution < -0.4 is 10.6 Å². The molecule has 2 rings (SSSR count). The summed E-state index contributed by atoms with van der Waals surface area (Å²) in [6.07, 6.45) is 13.1. The SMILES string of the molecule is CCCCN(CCCC)CCCNC(=O)CCCC1=C(CCCC(=O)NCCCN(CCCC)CCCC)C(=O)c2c(O)cccc2C1=O. The number of hydrogen-bond donors (Lipinski definition) is 3. The molecule has 9 heteroatoms. The lowest BCUT2D eigenvalue weighted by Crippen LogP contribution is -2.31. The smallest absolute Gasteiger partial charge is 0.220 e. The third-order valence-electron chi connectivity index (χ3n) is 9.35. The van der Waals surface area contributed by atoms with Crippen molar-refractivity contribution in [2.75, 3.05) is 52.4 Å². The summed E-state index contributed by atoms with van der Waals surface area (Å²) in [5.74, 6) is -0.967. The number of phenols is 1. The third-order valence-corrected chi connectivity index (χ3v) is 9.35. The van der Waals surface area contributed by atoms with Crippen LogP contribution in [-0.4, -0.2) is 90.6 Å². The maximum Gasteiger partial charge on any atom is 0.220 e. The molecule has 3 N–H and O–H groups in total. The third kappa shape index (κ3) is 15.6. The minimum absolute atomic E-state index is 0.0380. The molecule has 0 fully saturated rings. The molecule has 9 nitrogen and oxygen atoms in total. The van der Waals surface area contributed by atoms with Crippen molar-refractivity contribution in [3.8, 4) is 5.75 Å². The zero-order chi connectivity index (χ0) is 35.9. The zero-order valence-corrected chi connectivity index (χ0v) is 31.2. The molecule has 2 amide bonds. The summed E-state index contributed by atoms with van der Waals surface area (Å²) in [4.78, 5) is 57.4. The largest absolute Gasteiger partial charge is 0.507 e. The Morgan fingerprint density at radius 3 is 1.43 bits per heavy atom. The van der Waals surface area contributed by atoms with Crippen LogP contribution in [0.25, 0.3) is 0 Å². The van der Waals surface area contributed by atoms with Gasteiger partial charge in [-0.1, -0.05) is 65.5 Å². The second kappa shape index (κ2) is 25.0. The van der Waals surface area contributed by atoms with Gasteiger partial charge < -0.3 is 25.5 Å². The number of amides is 2. The molecule has 0 atom stereocenters. The maximum atomic E-state index is 13.6. The van der Waals surface area contributed by atoms with E-state index in [1.165, 1.54) is 57.4 Å². The Morgan fingerprint density at radius 2 is 1.00 bits per heavy atom. The first-order valence-electron chi connectivity index (χ1n) is 19.4. The highest BCUT2D eigenvalue weighted by Crippen LogP contribution is 2.35. The summed E-state index contributed by atoms with van der Waals surface area (Å²) in [6, 6.07) is 4.56. The molecule has 1 aliphatic carbocycles. The Hall–Kier alpha value is -3.04. The normalized spacial score (nSPS) is 13.0. The number of nitrogens with one attached hydrogen (secondary N) is 2. The van der Waals surface area contributed by atoms with Crippen molar-refractivity contribution in [3.05, 3.63) is 40.5 Å². The number of ketones is 2. The highest BCUT2D eigenvalue weighted by atomic mass is 16.3. The zero-order valence-electron chi connectivity index (χ0n) is 31.2. The van der Waals surface area contributed by atoms with Gasteiger partial charge in [0.05, 0.1) is 5.56 Å². The molecule has 1 aliphatic rings. The van der Waals surface area contributed by atoms with Gasteiger partial charge in [0.2, 0.25) is 11.8 Å². The topological polar surface area (TPSA) is 119 Å². The predicted octanol–water partition coefficient (Wildman–Crippen LogP) is 7.23. The first-order chi connectivity index (χ1) is 23.8. The number of allylic oxidation sites excluding steroid dienone is 2. The van der Waals surface area contributed by atoms with Gasteiger partial charge in [-0.05, 0) is 110 Å². The summed E-state index contributed by atoms with van der Waals surface area (Å²) in [7, 11) is 0. The van der Waals surface area contributed by atoms with Gasteiger partial charge >= 0.3 is 0 Å². The van der Waals surface area contributed by atoms with Gasteiger partial charge in [0, 0.05) is 42.6 Å². The van der Waals surface area contributed by atoms with Crippen LogP contribution in [0.5, 0.6) is 5.75 Å². The first-order valence-corrected chi connectivity index (χ1v) is 19.4. The van der Waals surface area contributed by atoms with Crippen molar-refractivity contribution in [1.29, 1.82) is 0 Å². The van der Waals surface area contributed by atoms with Crippen LogP contribution in [0, 0.1) is 0 Å². The van der Waals surface area contributed by atoms with E-state index in [0.29, 0.717) is 43.5 Å². The quantitative estimate of drug-likeness (QED) is 0.0799. The minimum atomic E-state index is -0.359. The van der Waals surface area contributed by atoms with E-state index < -0.39 is 0 Å². The Balaban J connectivity index is 1.90. The van der Waals surface area contributed by atoms with Crippen molar-refractivity contribution in [2.24, 2.45) is 0 Å². The second-order valence-corrected chi connectivity index (χ2v) is 13.5. The molecule has 0 heterocycles. The van der Waals surface area contributed by atoms with E-state index >= 15 is 0 Å². The monoisotopic (exact) mass is 683 g/mol. The molecule has 0 aromatic heterocycles. The van der Waals surface area contributed by atoms with E-state index in [1.807, 2.05) is 0 Å². The van der Waals surface area contributed by atoms with E-state index in [1.54, 1.807) is 12.1 Å². The molecule has 1 aromatic carbocycles. The van der Waals surface area contributed by atoms with Crippen LogP contribution in [-0.2, 0) is 9.59 Å². The molecule has 0 radical (unpaired) electrons. The van der Waals surface area contributed by atoms with Crippen LogP contribution in [0.3, 0.4) is 0 Å². The number of Topliss-reactive ketones (excluding diaryl/α,β-unsaturated/α-hetero) is 2. The Bertz CT molecular complexity index is 1180. The lowest BCUT2D eigenvalue weighted by molar-refractivity contribution is -0.122. The summed E-state index contributed by atoms with van der Waals surface area (Å²) >= 11 is 0. The number of hydrogen-bond acceptors (Lipinski definition) is 7.